The predicted octanol–water partition coefficient (Wildman–Crippen LogP) is 6.91. The van der Waals surface area contributed by atoms with E-state index >= 15 is 0 Å². The summed E-state index contributed by atoms with van der Waals surface area (Å²) in [4.78, 5) is 5.16. The molecule has 3 aliphatic rings. The van der Waals surface area contributed by atoms with Gasteiger partial charge in [-0.2, -0.15) is 0 Å². The van der Waals surface area contributed by atoms with Gasteiger partial charge in [-0.1, -0.05) is 61.9 Å². The molecule has 2 heterocycles. The number of ether oxygens (including phenoxy) is 2. The van der Waals surface area contributed by atoms with Crippen molar-refractivity contribution in [3.05, 3.63) is 94.8 Å². The Balaban J connectivity index is 1.49. The normalized spacial score (nSPS) is 21.0. The van der Waals surface area contributed by atoms with Crippen LogP contribution in [-0.4, -0.2) is 25.0 Å². The first kappa shape index (κ1) is 22.4. The second-order valence-electron chi connectivity index (χ2n) is 11.9. The zero-order chi connectivity index (χ0) is 26.1. The third kappa shape index (κ3) is 2.48. The van der Waals surface area contributed by atoms with Crippen molar-refractivity contribution in [3.63, 3.8) is 0 Å². The summed E-state index contributed by atoms with van der Waals surface area (Å²) in [6.45, 7) is 9.16. The molecule has 4 heteroatoms. The van der Waals surface area contributed by atoms with E-state index in [1.807, 2.05) is 6.33 Å². The number of methoxy groups -OCH3 is 2. The Morgan fingerprint density at radius 3 is 2.29 bits per heavy atom. The molecular weight excluding hydrogens is 468 g/mol. The Labute approximate surface area is 222 Å². The lowest BCUT2D eigenvalue weighted by atomic mass is 9.77. The van der Waals surface area contributed by atoms with E-state index in [2.05, 4.69) is 92.9 Å². The van der Waals surface area contributed by atoms with Crippen LogP contribution in [0.5, 0.6) is 0 Å². The van der Waals surface area contributed by atoms with Crippen LogP contribution in [0.2, 0.25) is 0 Å². The number of aromatic nitrogens is 2. The van der Waals surface area contributed by atoms with Crippen LogP contribution in [0.1, 0.15) is 53.6 Å². The van der Waals surface area contributed by atoms with E-state index in [4.69, 9.17) is 14.5 Å². The number of rotatable bonds is 2. The third-order valence-electron chi connectivity index (χ3n) is 9.53. The maximum absolute atomic E-state index is 6.12. The zero-order valence-corrected chi connectivity index (χ0v) is 22.7. The summed E-state index contributed by atoms with van der Waals surface area (Å²) in [6.07, 6.45) is 2.03. The van der Waals surface area contributed by atoms with Crippen LogP contribution >= 0.6 is 0 Å². The molecule has 1 aliphatic heterocycles. The molecule has 4 aromatic carbocycles. The minimum absolute atomic E-state index is 0.0414. The molecule has 0 spiro atoms. The molecule has 38 heavy (non-hydrogen) atoms. The molecule has 2 atom stereocenters. The SMILES string of the molecule is COC1(OC)C2c3cc4ccccc4cc3-c3c4c(nc[n+]3C21)-c1ccc2c(C)cc(C)cc2c1C4(C)C. The molecule has 2 unspecified atom stereocenters. The highest BCUT2D eigenvalue weighted by Crippen LogP contribution is 2.66. The van der Waals surface area contributed by atoms with Crippen LogP contribution in [0.25, 0.3) is 44.1 Å². The largest absolute Gasteiger partial charge is 0.349 e. The molecule has 0 amide bonds. The van der Waals surface area contributed by atoms with Crippen LogP contribution in [-0.2, 0) is 14.9 Å². The zero-order valence-electron chi connectivity index (χ0n) is 22.7. The first-order chi connectivity index (χ1) is 18.3. The topological polar surface area (TPSA) is 35.2 Å². The average Bonchev–Trinajstić information content (AvgIpc) is 3.53. The van der Waals surface area contributed by atoms with Crippen molar-refractivity contribution in [2.75, 3.05) is 14.2 Å². The highest BCUT2D eigenvalue weighted by Gasteiger charge is 2.75. The van der Waals surface area contributed by atoms with Gasteiger partial charge in [0.15, 0.2) is 11.7 Å². The lowest BCUT2D eigenvalue weighted by Gasteiger charge is -2.26. The number of aryl methyl sites for hydroxylation is 2. The van der Waals surface area contributed by atoms with E-state index in [0.717, 1.165) is 5.69 Å². The van der Waals surface area contributed by atoms with Gasteiger partial charge < -0.3 is 9.47 Å². The van der Waals surface area contributed by atoms with Crippen molar-refractivity contribution < 1.29 is 14.0 Å². The van der Waals surface area contributed by atoms with Gasteiger partial charge in [0, 0.05) is 30.8 Å². The fraction of sp³-hybridized carbons (Fsp3) is 0.294. The number of hydrogen-bond donors (Lipinski definition) is 0. The Kier molecular flexibility index (Phi) is 4.17. The molecule has 8 rings (SSSR count). The molecule has 4 nitrogen and oxygen atoms in total. The van der Waals surface area contributed by atoms with Gasteiger partial charge in [0.25, 0.3) is 6.33 Å². The van der Waals surface area contributed by atoms with Crippen molar-refractivity contribution in [3.8, 4) is 22.5 Å². The van der Waals surface area contributed by atoms with Gasteiger partial charge >= 0.3 is 0 Å². The molecule has 0 bridgehead atoms. The van der Waals surface area contributed by atoms with E-state index < -0.39 is 5.79 Å². The van der Waals surface area contributed by atoms with Crippen molar-refractivity contribution in [1.82, 2.24) is 4.98 Å². The summed E-state index contributed by atoms with van der Waals surface area (Å²) in [6, 6.07) is 22.6. The molecule has 2 aliphatic carbocycles. The number of fused-ring (bicyclic) bond motifs is 13. The first-order valence-electron chi connectivity index (χ1n) is 13.4. The highest BCUT2D eigenvalue weighted by molar-refractivity contribution is 6.00. The maximum Gasteiger partial charge on any atom is 0.287 e. The smallest absolute Gasteiger partial charge is 0.287 e. The van der Waals surface area contributed by atoms with Gasteiger partial charge in [0.2, 0.25) is 5.79 Å². The van der Waals surface area contributed by atoms with Crippen LogP contribution in [0.15, 0.2) is 67.0 Å². The van der Waals surface area contributed by atoms with E-state index in [-0.39, 0.29) is 17.4 Å². The summed E-state index contributed by atoms with van der Waals surface area (Å²) in [5.41, 5.74) is 11.2. The molecule has 1 aromatic heterocycles. The molecule has 1 saturated carbocycles. The quantitative estimate of drug-likeness (QED) is 0.196. The Morgan fingerprint density at radius 1 is 0.816 bits per heavy atom. The fourth-order valence-corrected chi connectivity index (χ4v) is 7.93. The van der Waals surface area contributed by atoms with E-state index in [1.165, 1.54) is 66.2 Å². The van der Waals surface area contributed by atoms with Crippen molar-refractivity contribution in [1.29, 1.82) is 0 Å². The lowest BCUT2D eigenvalue weighted by Crippen LogP contribution is -2.43. The number of nitrogens with zero attached hydrogens (tertiary/aromatic N) is 2. The maximum atomic E-state index is 6.12. The third-order valence-corrected chi connectivity index (χ3v) is 9.53. The van der Waals surface area contributed by atoms with Crippen LogP contribution in [0.4, 0.5) is 0 Å². The van der Waals surface area contributed by atoms with Crippen LogP contribution in [0.3, 0.4) is 0 Å². The molecule has 0 N–H and O–H groups in total. The molecule has 188 valence electrons. The average molecular weight is 500 g/mol. The molecular formula is C34H31N2O2+. The fourth-order valence-electron chi connectivity index (χ4n) is 7.93. The summed E-state index contributed by atoms with van der Waals surface area (Å²) < 4.78 is 14.6. The minimum Gasteiger partial charge on any atom is -0.349 e. The van der Waals surface area contributed by atoms with Gasteiger partial charge in [-0.05, 0) is 75.3 Å². The first-order valence-corrected chi connectivity index (χ1v) is 13.4. The summed E-state index contributed by atoms with van der Waals surface area (Å²) in [5.74, 6) is -0.577. The van der Waals surface area contributed by atoms with Crippen LogP contribution in [0, 0.1) is 13.8 Å². The molecule has 5 aromatic rings. The van der Waals surface area contributed by atoms with E-state index in [0.29, 0.717) is 0 Å². The van der Waals surface area contributed by atoms with Gasteiger partial charge in [0.1, 0.15) is 5.69 Å². The second-order valence-corrected chi connectivity index (χ2v) is 11.9. The Morgan fingerprint density at radius 2 is 1.55 bits per heavy atom. The molecule has 1 fully saturated rings. The van der Waals surface area contributed by atoms with Crippen molar-refractivity contribution in [2.45, 2.75) is 50.9 Å². The predicted molar refractivity (Wildman–Crippen MR) is 150 cm³/mol. The Bertz CT molecular complexity index is 1870. The Hall–Kier alpha value is -3.60. The van der Waals surface area contributed by atoms with Gasteiger partial charge in [0.05, 0.1) is 11.5 Å². The van der Waals surface area contributed by atoms with Gasteiger partial charge in [-0.15, -0.1) is 0 Å². The summed E-state index contributed by atoms with van der Waals surface area (Å²) >= 11 is 0. The van der Waals surface area contributed by atoms with Gasteiger partial charge in [-0.3, -0.25) is 0 Å². The van der Waals surface area contributed by atoms with Crippen molar-refractivity contribution >= 4 is 21.5 Å². The number of benzene rings is 4. The summed E-state index contributed by atoms with van der Waals surface area (Å²) in [7, 11) is 3.53. The molecule has 0 radical (unpaired) electrons. The van der Waals surface area contributed by atoms with E-state index in [9.17, 15) is 0 Å². The minimum atomic E-state index is -0.695. The summed E-state index contributed by atoms with van der Waals surface area (Å²) in [5, 5.41) is 5.15. The second kappa shape index (κ2) is 7.07. The number of hydrogen-bond acceptors (Lipinski definition) is 3. The monoisotopic (exact) mass is 499 g/mol. The van der Waals surface area contributed by atoms with Crippen molar-refractivity contribution in [2.24, 2.45) is 0 Å². The standard InChI is InChI=1S/C34H31N2O2/c1-18-13-19(2)22-11-12-23-27(24(22)14-18)33(3,4)29-30(23)35-17-36-31(29)26-16-21-10-8-7-9-20(21)15-25(26)28-32(36)34(28,37-5)38-6/h7-17,28,32H,1-6H3/q+1. The molecule has 0 saturated heterocycles. The highest BCUT2D eigenvalue weighted by atomic mass is 16.7. The van der Waals surface area contributed by atoms with E-state index in [1.54, 1.807) is 14.2 Å². The van der Waals surface area contributed by atoms with Gasteiger partial charge in [-0.25, -0.2) is 4.57 Å². The lowest BCUT2D eigenvalue weighted by molar-refractivity contribution is -0.705. The van der Waals surface area contributed by atoms with Crippen LogP contribution < -0.4 is 4.57 Å².